The van der Waals surface area contributed by atoms with Crippen molar-refractivity contribution >= 4 is 33.6 Å². The molecule has 5 nitrogen and oxygen atoms in total. The van der Waals surface area contributed by atoms with E-state index in [1.807, 2.05) is 13.0 Å². The lowest BCUT2D eigenvalue weighted by molar-refractivity contribution is -0.141. The maximum atomic E-state index is 11.9. The van der Waals surface area contributed by atoms with E-state index in [2.05, 4.69) is 26.6 Å². The number of carboxylic acids is 1. The predicted molar refractivity (Wildman–Crippen MR) is 81.9 cm³/mol. The van der Waals surface area contributed by atoms with Gasteiger partial charge in [0.1, 0.15) is 6.04 Å². The van der Waals surface area contributed by atoms with Gasteiger partial charge in [0.25, 0.3) is 0 Å². The second kappa shape index (κ2) is 6.26. The predicted octanol–water partition coefficient (Wildman–Crippen LogP) is 3.38. The number of carbonyl (C=O) groups is 2. The smallest absolute Gasteiger partial charge is 0.326 e. The Hall–Kier alpha value is -1.56. The van der Waals surface area contributed by atoms with E-state index in [0.717, 1.165) is 10.0 Å². The third kappa shape index (κ3) is 4.85. The van der Waals surface area contributed by atoms with E-state index >= 15 is 0 Å². The van der Waals surface area contributed by atoms with Crippen molar-refractivity contribution in [3.8, 4) is 0 Å². The van der Waals surface area contributed by atoms with Crippen LogP contribution in [0.2, 0.25) is 0 Å². The summed E-state index contributed by atoms with van der Waals surface area (Å²) in [6, 6.07) is 3.97. The summed E-state index contributed by atoms with van der Waals surface area (Å²) in [5, 5.41) is 14.3. The molecule has 0 spiro atoms. The molecule has 20 heavy (non-hydrogen) atoms. The zero-order valence-corrected chi connectivity index (χ0v) is 13.5. The first-order valence-electron chi connectivity index (χ1n) is 6.17. The molecule has 0 unspecified atom stereocenters. The number of benzene rings is 1. The van der Waals surface area contributed by atoms with Gasteiger partial charge in [-0.25, -0.2) is 9.59 Å². The summed E-state index contributed by atoms with van der Waals surface area (Å²) in [6.07, 6.45) is 0. The number of aliphatic carboxylic acids is 1. The zero-order valence-electron chi connectivity index (χ0n) is 12.0. The normalized spacial score (nSPS) is 12.7. The molecule has 1 aromatic rings. The molecule has 0 bridgehead atoms. The number of anilines is 1. The summed E-state index contributed by atoms with van der Waals surface area (Å²) < 4.78 is 0.846. The number of carbonyl (C=O) groups excluding carboxylic acids is 1. The third-order valence-corrected chi connectivity index (χ3v) is 3.15. The Bertz CT molecular complexity index is 503. The van der Waals surface area contributed by atoms with Crippen molar-refractivity contribution in [3.63, 3.8) is 0 Å². The Labute approximate surface area is 126 Å². The fourth-order valence-electron chi connectivity index (χ4n) is 1.76. The van der Waals surface area contributed by atoms with E-state index in [-0.39, 0.29) is 0 Å². The van der Waals surface area contributed by atoms with E-state index in [1.165, 1.54) is 0 Å². The fraction of sp³-hybridized carbons (Fsp3) is 0.429. The lowest BCUT2D eigenvalue weighted by atomic mass is 9.87. The Morgan fingerprint density at radius 1 is 1.25 bits per heavy atom. The molecule has 0 aliphatic heterocycles. The Morgan fingerprint density at radius 3 is 2.30 bits per heavy atom. The Kier molecular flexibility index (Phi) is 5.16. The van der Waals surface area contributed by atoms with Crippen LogP contribution in [-0.2, 0) is 4.79 Å². The highest BCUT2D eigenvalue weighted by Gasteiger charge is 2.32. The number of halogens is 1. The van der Waals surface area contributed by atoms with E-state index < -0.39 is 23.5 Å². The molecule has 0 saturated carbocycles. The number of nitrogens with one attached hydrogen (secondary N) is 2. The first-order valence-corrected chi connectivity index (χ1v) is 6.96. The van der Waals surface area contributed by atoms with Crippen LogP contribution >= 0.6 is 15.9 Å². The molecule has 0 saturated heterocycles. The van der Waals surface area contributed by atoms with Crippen molar-refractivity contribution in [1.82, 2.24) is 5.32 Å². The van der Waals surface area contributed by atoms with Crippen LogP contribution in [0.5, 0.6) is 0 Å². The molecular formula is C14H19BrN2O3. The minimum Gasteiger partial charge on any atom is -0.480 e. The maximum absolute atomic E-state index is 11.9. The van der Waals surface area contributed by atoms with Gasteiger partial charge in [-0.05, 0) is 36.1 Å². The molecule has 110 valence electrons. The molecule has 6 heteroatoms. The molecule has 1 aromatic carbocycles. The average Bonchev–Trinajstić information content (AvgIpc) is 2.22. The standard InChI is InChI=1S/C14H19BrN2O3/c1-8-5-9(15)7-10(6-8)16-13(20)17-11(12(18)19)14(2,3)4/h5-7,11H,1-4H3,(H,18,19)(H2,16,17,20)/t11-/m0/s1. The van der Waals surface area contributed by atoms with Gasteiger partial charge in [-0.3, -0.25) is 0 Å². The summed E-state index contributed by atoms with van der Waals surface area (Å²) in [6.45, 7) is 7.18. The molecule has 0 fully saturated rings. The van der Waals surface area contributed by atoms with Crippen LogP contribution in [0.3, 0.4) is 0 Å². The van der Waals surface area contributed by atoms with Crippen molar-refractivity contribution in [3.05, 3.63) is 28.2 Å². The van der Waals surface area contributed by atoms with Gasteiger partial charge >= 0.3 is 12.0 Å². The number of hydrogen-bond acceptors (Lipinski definition) is 2. The van der Waals surface area contributed by atoms with Crippen molar-refractivity contribution in [2.45, 2.75) is 33.7 Å². The lowest BCUT2D eigenvalue weighted by Crippen LogP contribution is -2.50. The third-order valence-electron chi connectivity index (χ3n) is 2.69. The second-order valence-electron chi connectivity index (χ2n) is 5.75. The van der Waals surface area contributed by atoms with E-state index in [4.69, 9.17) is 5.11 Å². The van der Waals surface area contributed by atoms with Crippen LogP contribution in [0.15, 0.2) is 22.7 Å². The minimum atomic E-state index is -1.06. The highest BCUT2D eigenvalue weighted by Crippen LogP contribution is 2.21. The molecule has 1 rings (SSSR count). The molecule has 0 heterocycles. The van der Waals surface area contributed by atoms with Gasteiger partial charge in [-0.1, -0.05) is 36.7 Å². The minimum absolute atomic E-state index is 0.537. The molecular weight excluding hydrogens is 324 g/mol. The van der Waals surface area contributed by atoms with Gasteiger partial charge in [0.05, 0.1) is 0 Å². The first-order chi connectivity index (χ1) is 9.09. The fourth-order valence-corrected chi connectivity index (χ4v) is 2.36. The van der Waals surface area contributed by atoms with Crippen LogP contribution in [-0.4, -0.2) is 23.1 Å². The summed E-state index contributed by atoms with van der Waals surface area (Å²) >= 11 is 3.34. The van der Waals surface area contributed by atoms with Crippen molar-refractivity contribution in [1.29, 1.82) is 0 Å². The van der Waals surface area contributed by atoms with Crippen LogP contribution in [0, 0.1) is 12.3 Å². The summed E-state index contributed by atoms with van der Waals surface area (Å²) in [5.74, 6) is -1.06. The summed E-state index contributed by atoms with van der Waals surface area (Å²) in [7, 11) is 0. The van der Waals surface area contributed by atoms with Crippen LogP contribution in [0.4, 0.5) is 10.5 Å². The molecule has 0 aliphatic rings. The van der Waals surface area contributed by atoms with Gasteiger partial charge < -0.3 is 15.7 Å². The van der Waals surface area contributed by atoms with Crippen molar-refractivity contribution in [2.75, 3.05) is 5.32 Å². The first kappa shape index (κ1) is 16.5. The van der Waals surface area contributed by atoms with Gasteiger partial charge in [0.15, 0.2) is 0 Å². The summed E-state index contributed by atoms with van der Waals surface area (Å²) in [4.78, 5) is 23.1. The highest BCUT2D eigenvalue weighted by atomic mass is 79.9. The van der Waals surface area contributed by atoms with Crippen LogP contribution < -0.4 is 10.6 Å². The Balaban J connectivity index is 2.78. The topological polar surface area (TPSA) is 78.4 Å². The van der Waals surface area contributed by atoms with E-state index in [0.29, 0.717) is 5.69 Å². The number of aryl methyl sites for hydroxylation is 1. The van der Waals surface area contributed by atoms with Crippen LogP contribution in [0.1, 0.15) is 26.3 Å². The molecule has 3 N–H and O–H groups in total. The summed E-state index contributed by atoms with van der Waals surface area (Å²) in [5.41, 5.74) is 1.02. The zero-order chi connectivity index (χ0) is 15.5. The quantitative estimate of drug-likeness (QED) is 0.787. The number of hydrogen-bond donors (Lipinski definition) is 3. The van der Waals surface area contributed by atoms with Gasteiger partial charge in [-0.15, -0.1) is 0 Å². The monoisotopic (exact) mass is 342 g/mol. The largest absolute Gasteiger partial charge is 0.480 e. The molecule has 0 aromatic heterocycles. The number of carboxylic acid groups (broad SMARTS) is 1. The Morgan fingerprint density at radius 2 is 1.85 bits per heavy atom. The maximum Gasteiger partial charge on any atom is 0.326 e. The van der Waals surface area contributed by atoms with Gasteiger partial charge in [-0.2, -0.15) is 0 Å². The SMILES string of the molecule is Cc1cc(Br)cc(NC(=O)N[C@@H](C(=O)O)C(C)(C)C)c1. The van der Waals surface area contributed by atoms with Crippen LogP contribution in [0.25, 0.3) is 0 Å². The molecule has 0 aliphatic carbocycles. The highest BCUT2D eigenvalue weighted by molar-refractivity contribution is 9.10. The number of urea groups is 1. The van der Waals surface area contributed by atoms with Gasteiger partial charge in [0, 0.05) is 10.2 Å². The molecule has 1 atom stereocenters. The molecule has 0 radical (unpaired) electrons. The second-order valence-corrected chi connectivity index (χ2v) is 6.67. The number of rotatable bonds is 3. The number of amides is 2. The van der Waals surface area contributed by atoms with E-state index in [9.17, 15) is 9.59 Å². The van der Waals surface area contributed by atoms with Crippen molar-refractivity contribution in [2.24, 2.45) is 5.41 Å². The van der Waals surface area contributed by atoms with E-state index in [1.54, 1.807) is 32.9 Å². The van der Waals surface area contributed by atoms with Crippen molar-refractivity contribution < 1.29 is 14.7 Å². The lowest BCUT2D eigenvalue weighted by Gasteiger charge is -2.27. The molecule has 2 amide bonds. The van der Waals surface area contributed by atoms with Gasteiger partial charge in [0.2, 0.25) is 0 Å². The average molecular weight is 343 g/mol.